The molecule has 0 saturated carbocycles. The molecular formula is C14H8ClN5O3. The van der Waals surface area contributed by atoms with E-state index in [1.807, 2.05) is 6.07 Å². The molecule has 23 heavy (non-hydrogen) atoms. The highest BCUT2D eigenvalue weighted by molar-refractivity contribution is 6.35. The van der Waals surface area contributed by atoms with Crippen molar-refractivity contribution >= 4 is 22.7 Å². The van der Waals surface area contributed by atoms with Gasteiger partial charge in [-0.1, -0.05) is 16.8 Å². The van der Waals surface area contributed by atoms with Crippen molar-refractivity contribution in [2.24, 2.45) is 0 Å². The number of hydrogen-bond acceptors (Lipinski definition) is 7. The zero-order valence-electron chi connectivity index (χ0n) is 11.7. The number of nitrogens with one attached hydrogen (secondary N) is 1. The maximum absolute atomic E-state index is 11.0. The second-order valence-corrected chi connectivity index (χ2v) is 5.18. The van der Waals surface area contributed by atoms with Crippen molar-refractivity contribution in [3.63, 3.8) is 0 Å². The Labute approximate surface area is 133 Å². The second kappa shape index (κ2) is 5.03. The summed E-state index contributed by atoms with van der Waals surface area (Å²) in [6, 6.07) is 5.21. The van der Waals surface area contributed by atoms with E-state index in [4.69, 9.17) is 16.0 Å². The molecule has 3 aromatic heterocycles. The minimum atomic E-state index is -0.650. The molecule has 0 radical (unpaired) electrons. The zero-order valence-corrected chi connectivity index (χ0v) is 12.5. The Bertz CT molecular complexity index is 1080. The van der Waals surface area contributed by atoms with Crippen LogP contribution in [0.5, 0.6) is 0 Å². The first-order chi connectivity index (χ1) is 11.1. The fraction of sp³-hybridized carbons (Fsp3) is 0.0714. The van der Waals surface area contributed by atoms with Crippen LogP contribution in [0.25, 0.3) is 33.9 Å². The Kier molecular flexibility index (Phi) is 2.98. The summed E-state index contributed by atoms with van der Waals surface area (Å²) in [7, 11) is 0. The molecule has 0 fully saturated rings. The fourth-order valence-electron chi connectivity index (χ4n) is 2.24. The number of rotatable bonds is 2. The van der Waals surface area contributed by atoms with E-state index in [0.717, 1.165) is 5.56 Å². The van der Waals surface area contributed by atoms with E-state index in [-0.39, 0.29) is 5.82 Å². The highest BCUT2D eigenvalue weighted by atomic mass is 35.5. The largest absolute Gasteiger partial charge is 0.439 e. The summed E-state index contributed by atoms with van der Waals surface area (Å²) >= 11 is 6.23. The van der Waals surface area contributed by atoms with Crippen molar-refractivity contribution in [2.75, 3.05) is 0 Å². The fourth-order valence-corrected chi connectivity index (χ4v) is 2.49. The van der Waals surface area contributed by atoms with Crippen molar-refractivity contribution in [2.45, 2.75) is 6.92 Å². The highest BCUT2D eigenvalue weighted by Gasteiger charge is 2.13. The van der Waals surface area contributed by atoms with Gasteiger partial charge in [-0.2, -0.15) is 0 Å². The highest BCUT2D eigenvalue weighted by Crippen LogP contribution is 2.31. The summed E-state index contributed by atoms with van der Waals surface area (Å²) in [5, 5.41) is 4.04. The molecule has 0 aliphatic carbocycles. The summed E-state index contributed by atoms with van der Waals surface area (Å²) < 4.78 is 9.93. The molecule has 0 bridgehead atoms. The van der Waals surface area contributed by atoms with Crippen LogP contribution in [0.2, 0.25) is 5.02 Å². The second-order valence-electron chi connectivity index (χ2n) is 4.77. The third-order valence-electron chi connectivity index (χ3n) is 3.20. The van der Waals surface area contributed by atoms with Gasteiger partial charge in [-0.3, -0.25) is 9.51 Å². The van der Waals surface area contributed by atoms with Gasteiger partial charge in [0.15, 0.2) is 11.5 Å². The summed E-state index contributed by atoms with van der Waals surface area (Å²) in [5.74, 6) is 0.105. The van der Waals surface area contributed by atoms with Crippen LogP contribution in [0.15, 0.2) is 38.3 Å². The summed E-state index contributed by atoms with van der Waals surface area (Å²) in [4.78, 5) is 26.0. The quantitative estimate of drug-likeness (QED) is 0.601. The molecule has 0 saturated heterocycles. The number of aromatic amines is 1. The van der Waals surface area contributed by atoms with Gasteiger partial charge >= 0.3 is 5.76 Å². The molecule has 1 aromatic carbocycles. The van der Waals surface area contributed by atoms with Crippen molar-refractivity contribution < 1.29 is 8.94 Å². The van der Waals surface area contributed by atoms with Gasteiger partial charge in [0.1, 0.15) is 17.5 Å². The number of oxazole rings is 1. The van der Waals surface area contributed by atoms with Crippen molar-refractivity contribution in [1.29, 1.82) is 0 Å². The number of benzene rings is 1. The normalized spacial score (nSPS) is 11.2. The van der Waals surface area contributed by atoms with Crippen molar-refractivity contribution in [3.8, 4) is 22.8 Å². The van der Waals surface area contributed by atoms with Gasteiger partial charge in [0.05, 0.1) is 10.7 Å². The Hall–Kier alpha value is -3.00. The van der Waals surface area contributed by atoms with Crippen molar-refractivity contribution in [3.05, 3.63) is 46.0 Å². The molecule has 0 amide bonds. The van der Waals surface area contributed by atoms with Crippen LogP contribution < -0.4 is 5.76 Å². The summed E-state index contributed by atoms with van der Waals surface area (Å²) in [6.45, 7) is 1.75. The van der Waals surface area contributed by atoms with Gasteiger partial charge in [-0.15, -0.1) is 0 Å². The summed E-state index contributed by atoms with van der Waals surface area (Å²) in [6.07, 6.45) is 1.36. The summed E-state index contributed by atoms with van der Waals surface area (Å²) in [5.41, 5.74) is 2.94. The third kappa shape index (κ3) is 2.38. The number of halogens is 1. The van der Waals surface area contributed by atoms with Crippen LogP contribution >= 0.6 is 11.6 Å². The van der Waals surface area contributed by atoms with Gasteiger partial charge in [-0.05, 0) is 18.2 Å². The lowest BCUT2D eigenvalue weighted by atomic mass is 10.1. The predicted octanol–water partition coefficient (Wildman–Crippen LogP) is 2.59. The molecule has 4 aromatic rings. The number of hydrogen-bond donors (Lipinski definition) is 1. The lowest BCUT2D eigenvalue weighted by molar-refractivity contribution is 0.387. The topological polar surface area (TPSA) is 111 Å². The average molecular weight is 330 g/mol. The first-order valence-electron chi connectivity index (χ1n) is 6.55. The molecule has 0 aliphatic heterocycles. The number of fused-ring (bicyclic) bond motifs is 1. The number of aryl methyl sites for hydroxylation is 1. The molecule has 0 spiro atoms. The molecule has 4 rings (SSSR count). The van der Waals surface area contributed by atoms with Crippen LogP contribution in [0.4, 0.5) is 0 Å². The third-order valence-corrected chi connectivity index (χ3v) is 3.48. The van der Waals surface area contributed by atoms with Crippen molar-refractivity contribution in [1.82, 2.24) is 25.1 Å². The number of nitrogens with zero attached hydrogens (tertiary/aromatic N) is 4. The average Bonchev–Trinajstić information content (AvgIpc) is 3.13. The lowest BCUT2D eigenvalue weighted by Gasteiger charge is -2.03. The van der Waals surface area contributed by atoms with Crippen LogP contribution in [0.1, 0.15) is 5.89 Å². The minimum absolute atomic E-state index is 0.225. The number of H-pyrrole nitrogens is 1. The van der Waals surface area contributed by atoms with E-state index in [0.29, 0.717) is 33.4 Å². The zero-order chi connectivity index (χ0) is 16.0. The standard InChI is InChI=1S/C14H8ClN5O3/c1-6-18-10-3-7(2-8(15)12(10)22-6)9-4-11(17-5-16-9)13-19-14(21)23-20-13/h2-5H,1H3,(H,19,20,21). The molecule has 1 N–H and O–H groups in total. The van der Waals surface area contributed by atoms with E-state index in [2.05, 4.69) is 29.6 Å². The Morgan fingerprint density at radius 2 is 2.00 bits per heavy atom. The Balaban J connectivity index is 1.86. The van der Waals surface area contributed by atoms with Gasteiger partial charge in [0.25, 0.3) is 0 Å². The molecule has 0 unspecified atom stereocenters. The SMILES string of the molecule is Cc1nc2cc(-c3cc(-c4noc(=O)[nH]4)ncn3)cc(Cl)c2o1. The Morgan fingerprint density at radius 3 is 2.78 bits per heavy atom. The van der Waals surface area contributed by atoms with Crippen LogP contribution in [-0.4, -0.2) is 25.1 Å². The van der Waals surface area contributed by atoms with E-state index in [1.165, 1.54) is 6.33 Å². The smallest absolute Gasteiger partial charge is 0.439 e. The van der Waals surface area contributed by atoms with E-state index < -0.39 is 5.76 Å². The van der Waals surface area contributed by atoms with Crippen LogP contribution in [-0.2, 0) is 0 Å². The molecule has 3 heterocycles. The van der Waals surface area contributed by atoms with E-state index in [9.17, 15) is 4.79 Å². The molecular weight excluding hydrogens is 322 g/mol. The maximum Gasteiger partial charge on any atom is 0.439 e. The monoisotopic (exact) mass is 329 g/mol. The number of aromatic nitrogens is 5. The van der Waals surface area contributed by atoms with E-state index >= 15 is 0 Å². The van der Waals surface area contributed by atoms with Gasteiger partial charge in [0.2, 0.25) is 5.82 Å². The molecule has 8 nitrogen and oxygen atoms in total. The van der Waals surface area contributed by atoms with Gasteiger partial charge in [-0.25, -0.2) is 19.7 Å². The first kappa shape index (κ1) is 13.6. The van der Waals surface area contributed by atoms with Crippen LogP contribution in [0.3, 0.4) is 0 Å². The van der Waals surface area contributed by atoms with Gasteiger partial charge in [0, 0.05) is 12.5 Å². The molecule has 0 aliphatic rings. The van der Waals surface area contributed by atoms with E-state index in [1.54, 1.807) is 19.1 Å². The molecule has 0 atom stereocenters. The minimum Gasteiger partial charge on any atom is -0.439 e. The van der Waals surface area contributed by atoms with Gasteiger partial charge < -0.3 is 4.42 Å². The molecule has 9 heteroatoms. The first-order valence-corrected chi connectivity index (χ1v) is 6.93. The van der Waals surface area contributed by atoms with Crippen LogP contribution in [0, 0.1) is 6.92 Å². The lowest BCUT2D eigenvalue weighted by Crippen LogP contribution is -1.96. The molecule has 114 valence electrons. The maximum atomic E-state index is 11.0. The Morgan fingerprint density at radius 1 is 1.17 bits per heavy atom. The predicted molar refractivity (Wildman–Crippen MR) is 80.9 cm³/mol.